The van der Waals surface area contributed by atoms with Crippen LogP contribution >= 0.6 is 0 Å². The van der Waals surface area contributed by atoms with Crippen molar-refractivity contribution in [1.29, 1.82) is 0 Å². The van der Waals surface area contributed by atoms with Gasteiger partial charge in [0.1, 0.15) is 12.2 Å². The van der Waals surface area contributed by atoms with Crippen molar-refractivity contribution in [1.82, 2.24) is 0 Å². The predicted molar refractivity (Wildman–Crippen MR) is 112 cm³/mol. The lowest BCUT2D eigenvalue weighted by molar-refractivity contribution is -0.242. The van der Waals surface area contributed by atoms with Crippen LogP contribution in [0.1, 0.15) is 40.2 Å². The number of ether oxygens (including phenoxy) is 4. The molecule has 0 unspecified atom stereocenters. The maximum atomic E-state index is 12.3. The van der Waals surface area contributed by atoms with Crippen LogP contribution < -0.4 is 0 Å². The average molecular weight is 423 g/mol. The normalized spacial score (nSPS) is 31.6. The molecule has 4 atom stereocenters. The molecule has 1 aromatic rings. The number of hydrogen-bond donors (Lipinski definition) is 0. The van der Waals surface area contributed by atoms with Crippen LogP contribution in [0.4, 0.5) is 0 Å². The molecule has 2 fully saturated rings. The van der Waals surface area contributed by atoms with Crippen LogP contribution in [-0.4, -0.2) is 51.1 Å². The van der Waals surface area contributed by atoms with Crippen molar-refractivity contribution < 1.29 is 28.2 Å². The molecule has 1 aromatic carbocycles. The standard InChI is InChI=1S/C22H34O6Si/c1-20(2,3)29(6,7)25-15-22(14-23)18(24-13-16-11-9-8-10-12-16)17-19(28-22)27-21(4,5)26-17/h8-12,14,17-19H,13,15H2,1-7H3/t17-,18+,19+,22+/m1/s1. The van der Waals surface area contributed by atoms with E-state index in [1.165, 1.54) is 0 Å². The summed E-state index contributed by atoms with van der Waals surface area (Å²) in [7, 11) is -2.09. The molecule has 3 rings (SSSR count). The van der Waals surface area contributed by atoms with Crippen LogP contribution in [0.2, 0.25) is 18.1 Å². The predicted octanol–water partition coefficient (Wildman–Crippen LogP) is 4.04. The molecule has 0 bridgehead atoms. The van der Waals surface area contributed by atoms with Gasteiger partial charge in [-0.3, -0.25) is 4.79 Å². The molecule has 2 aliphatic rings. The van der Waals surface area contributed by atoms with E-state index < -0.39 is 38.2 Å². The average Bonchev–Trinajstić information content (AvgIpc) is 3.07. The Hall–Kier alpha value is -1.09. The van der Waals surface area contributed by atoms with E-state index >= 15 is 0 Å². The molecular weight excluding hydrogens is 388 g/mol. The summed E-state index contributed by atoms with van der Waals surface area (Å²) in [5.74, 6) is -0.793. The van der Waals surface area contributed by atoms with Crippen molar-refractivity contribution in [2.75, 3.05) is 6.61 Å². The SMILES string of the molecule is CC1(C)O[C@H]2O[C@@](C=O)(CO[Si](C)(C)C(C)(C)C)[C@@H](OCc3ccccc3)[C@H]2O1. The lowest BCUT2D eigenvalue weighted by Crippen LogP contribution is -2.54. The Labute approximate surface area is 174 Å². The number of carbonyl (C=O) groups excluding carboxylic acids is 1. The van der Waals surface area contributed by atoms with Gasteiger partial charge in [0.15, 0.2) is 32.3 Å². The van der Waals surface area contributed by atoms with E-state index in [2.05, 4.69) is 33.9 Å². The smallest absolute Gasteiger partial charge is 0.192 e. The van der Waals surface area contributed by atoms with Crippen molar-refractivity contribution in [3.8, 4) is 0 Å². The monoisotopic (exact) mass is 422 g/mol. The van der Waals surface area contributed by atoms with E-state index in [1.54, 1.807) is 0 Å². The minimum absolute atomic E-state index is 0.0148. The molecule has 2 heterocycles. The second kappa shape index (κ2) is 7.87. The fraction of sp³-hybridized carbons (Fsp3) is 0.682. The van der Waals surface area contributed by atoms with Crippen LogP contribution in [0.25, 0.3) is 0 Å². The first-order chi connectivity index (χ1) is 13.4. The van der Waals surface area contributed by atoms with E-state index in [1.807, 2.05) is 44.2 Å². The Balaban J connectivity index is 1.82. The van der Waals surface area contributed by atoms with Crippen LogP contribution in [0, 0.1) is 0 Å². The Morgan fingerprint density at radius 2 is 1.76 bits per heavy atom. The van der Waals surface area contributed by atoms with Crippen molar-refractivity contribution in [2.24, 2.45) is 0 Å². The molecule has 6 nitrogen and oxygen atoms in total. The Bertz CT molecular complexity index is 714. The Kier molecular flexibility index (Phi) is 6.13. The van der Waals surface area contributed by atoms with E-state index in [4.69, 9.17) is 23.4 Å². The van der Waals surface area contributed by atoms with E-state index in [9.17, 15) is 4.79 Å². The van der Waals surface area contributed by atoms with Gasteiger partial charge in [-0.25, -0.2) is 0 Å². The summed E-state index contributed by atoms with van der Waals surface area (Å²) >= 11 is 0. The van der Waals surface area contributed by atoms with E-state index in [0.29, 0.717) is 6.61 Å². The third-order valence-electron chi connectivity index (χ3n) is 6.14. The number of carbonyl (C=O) groups is 1. The molecule has 0 aliphatic carbocycles. The number of hydrogen-bond acceptors (Lipinski definition) is 6. The van der Waals surface area contributed by atoms with Gasteiger partial charge < -0.3 is 23.4 Å². The lowest BCUT2D eigenvalue weighted by Gasteiger charge is -2.40. The highest BCUT2D eigenvalue weighted by atomic mass is 28.4. The number of fused-ring (bicyclic) bond motifs is 1. The molecule has 2 aliphatic heterocycles. The van der Waals surface area contributed by atoms with Crippen molar-refractivity contribution in [2.45, 2.75) is 89.2 Å². The van der Waals surface area contributed by atoms with E-state index in [0.717, 1.165) is 11.8 Å². The van der Waals surface area contributed by atoms with Gasteiger partial charge >= 0.3 is 0 Å². The lowest BCUT2D eigenvalue weighted by atomic mass is 9.97. The second-order valence-corrected chi connectivity index (χ2v) is 14.7. The highest BCUT2D eigenvalue weighted by Gasteiger charge is 2.63. The topological polar surface area (TPSA) is 63.2 Å². The second-order valence-electron chi connectivity index (χ2n) is 9.93. The molecule has 0 saturated carbocycles. The van der Waals surface area contributed by atoms with Crippen molar-refractivity contribution in [3.63, 3.8) is 0 Å². The largest absolute Gasteiger partial charge is 0.413 e. The first kappa shape index (κ1) is 22.6. The van der Waals surface area contributed by atoms with Crippen molar-refractivity contribution >= 4 is 14.6 Å². The van der Waals surface area contributed by atoms with Crippen LogP contribution in [0.3, 0.4) is 0 Å². The summed E-state index contributed by atoms with van der Waals surface area (Å²) in [5, 5.41) is 0.0148. The summed E-state index contributed by atoms with van der Waals surface area (Å²) in [6.45, 7) is 14.9. The molecule has 162 valence electrons. The van der Waals surface area contributed by atoms with Gasteiger partial charge in [-0.15, -0.1) is 0 Å². The summed E-state index contributed by atoms with van der Waals surface area (Å²) in [5.41, 5.74) is -0.255. The molecule has 0 N–H and O–H groups in total. The van der Waals surface area contributed by atoms with Gasteiger partial charge in [-0.05, 0) is 37.5 Å². The van der Waals surface area contributed by atoms with Gasteiger partial charge in [-0.2, -0.15) is 0 Å². The molecular formula is C22H34O6Si. The molecule has 0 spiro atoms. The molecule has 7 heteroatoms. The Morgan fingerprint density at radius 3 is 2.34 bits per heavy atom. The third kappa shape index (κ3) is 4.65. The molecule has 0 radical (unpaired) electrons. The molecule has 0 aromatic heterocycles. The number of rotatable bonds is 7. The fourth-order valence-corrected chi connectivity index (χ4v) is 4.39. The Morgan fingerprint density at radius 1 is 1.10 bits per heavy atom. The zero-order valence-corrected chi connectivity index (χ0v) is 19.6. The summed E-state index contributed by atoms with van der Waals surface area (Å²) < 4.78 is 30.7. The molecule has 2 saturated heterocycles. The third-order valence-corrected chi connectivity index (χ3v) is 10.6. The zero-order chi connectivity index (χ0) is 21.5. The first-order valence-corrected chi connectivity index (χ1v) is 13.1. The maximum absolute atomic E-state index is 12.3. The highest BCUT2D eigenvalue weighted by molar-refractivity contribution is 6.74. The fourth-order valence-electron chi connectivity index (χ4n) is 3.37. The van der Waals surface area contributed by atoms with Crippen molar-refractivity contribution in [3.05, 3.63) is 35.9 Å². The quantitative estimate of drug-likeness (QED) is 0.488. The summed E-state index contributed by atoms with van der Waals surface area (Å²) in [6, 6.07) is 9.84. The van der Waals surface area contributed by atoms with Gasteiger partial charge in [-0.1, -0.05) is 51.1 Å². The van der Waals surface area contributed by atoms with Crippen LogP contribution in [0.5, 0.6) is 0 Å². The van der Waals surface area contributed by atoms with E-state index in [-0.39, 0.29) is 11.6 Å². The minimum Gasteiger partial charge on any atom is -0.413 e. The number of benzene rings is 1. The summed E-state index contributed by atoms with van der Waals surface area (Å²) in [6.07, 6.45) is -0.994. The zero-order valence-electron chi connectivity index (χ0n) is 18.6. The van der Waals surface area contributed by atoms with Crippen LogP contribution in [-0.2, 0) is 34.8 Å². The maximum Gasteiger partial charge on any atom is 0.192 e. The van der Waals surface area contributed by atoms with Gasteiger partial charge in [0.25, 0.3) is 0 Å². The first-order valence-electron chi connectivity index (χ1n) is 10.2. The highest BCUT2D eigenvalue weighted by Crippen LogP contribution is 2.45. The van der Waals surface area contributed by atoms with Gasteiger partial charge in [0.05, 0.1) is 13.2 Å². The van der Waals surface area contributed by atoms with Crippen LogP contribution in [0.15, 0.2) is 30.3 Å². The molecule has 0 amide bonds. The molecule has 29 heavy (non-hydrogen) atoms. The minimum atomic E-state index is -2.09. The summed E-state index contributed by atoms with van der Waals surface area (Å²) in [4.78, 5) is 12.3. The van der Waals surface area contributed by atoms with Gasteiger partial charge in [0.2, 0.25) is 0 Å². The van der Waals surface area contributed by atoms with Gasteiger partial charge in [0, 0.05) is 0 Å². The number of aldehydes is 1.